The number of methoxy groups -OCH3 is 4. The van der Waals surface area contributed by atoms with Gasteiger partial charge in [-0.1, -0.05) is 0 Å². The first-order valence-corrected chi connectivity index (χ1v) is 6.07. The Morgan fingerprint density at radius 1 is 0.952 bits per heavy atom. The quantitative estimate of drug-likeness (QED) is 0.537. The van der Waals surface area contributed by atoms with E-state index in [2.05, 4.69) is 0 Å². The molecule has 7 heteroatoms. The third-order valence-electron chi connectivity index (χ3n) is 2.51. The molecule has 1 radical (unpaired) electrons. The average molecular weight is 299 g/mol. The van der Waals surface area contributed by atoms with Crippen LogP contribution in [0.4, 0.5) is 0 Å². The largest absolute Gasteiger partial charge is 0.493 e. The van der Waals surface area contributed by atoms with Gasteiger partial charge in [-0.25, -0.2) is 4.79 Å². The molecule has 1 rings (SSSR count). The van der Waals surface area contributed by atoms with Gasteiger partial charge in [0.25, 0.3) is 0 Å². The van der Waals surface area contributed by atoms with E-state index in [0.29, 0.717) is 23.4 Å². The van der Waals surface area contributed by atoms with Crippen molar-refractivity contribution in [3.63, 3.8) is 0 Å². The zero-order valence-electron chi connectivity index (χ0n) is 12.7. The van der Waals surface area contributed by atoms with Crippen LogP contribution in [-0.4, -0.2) is 41.0 Å². The number of ether oxygens (including phenoxy) is 4. The molecule has 0 atom stereocenters. The summed E-state index contributed by atoms with van der Waals surface area (Å²) in [6.07, 6.45) is 0.415. The molecular weight excluding hydrogens is 280 g/mol. The summed E-state index contributed by atoms with van der Waals surface area (Å²) in [4.78, 5) is 21.5. The summed E-state index contributed by atoms with van der Waals surface area (Å²) < 4.78 is 20.3. The van der Waals surface area contributed by atoms with Crippen LogP contribution >= 0.6 is 0 Å². The van der Waals surface area contributed by atoms with Gasteiger partial charge in [0.15, 0.2) is 17.6 Å². The Morgan fingerprint density at radius 3 is 1.95 bits per heavy atom. The van der Waals surface area contributed by atoms with Crippen LogP contribution in [0.1, 0.15) is 17.3 Å². The lowest BCUT2D eigenvalue weighted by atomic mass is 10.2. The lowest BCUT2D eigenvalue weighted by Gasteiger charge is -2.14. The molecule has 0 unspecified atom stereocenters. The van der Waals surface area contributed by atoms with Crippen molar-refractivity contribution in [1.82, 2.24) is 0 Å². The van der Waals surface area contributed by atoms with Gasteiger partial charge >= 0.3 is 5.97 Å². The molecule has 0 aromatic heterocycles. The summed E-state index contributed by atoms with van der Waals surface area (Å²) in [7, 11) is 5.90. The first-order chi connectivity index (χ1) is 10.1. The molecule has 7 nitrogen and oxygen atoms in total. The summed E-state index contributed by atoms with van der Waals surface area (Å²) in [5.74, 6) is 0.395. The minimum Gasteiger partial charge on any atom is -0.493 e. The highest BCUT2D eigenvalue weighted by molar-refractivity contribution is 5.90. The van der Waals surface area contributed by atoms with Crippen LogP contribution < -0.4 is 14.2 Å². The van der Waals surface area contributed by atoms with E-state index >= 15 is 0 Å². The molecule has 0 heterocycles. The zero-order valence-corrected chi connectivity index (χ0v) is 12.7. The molecule has 0 aliphatic rings. The molecule has 0 saturated carbocycles. The van der Waals surface area contributed by atoms with Crippen LogP contribution in [0.3, 0.4) is 0 Å². The van der Waals surface area contributed by atoms with Crippen molar-refractivity contribution in [2.24, 2.45) is 0 Å². The van der Waals surface area contributed by atoms with Crippen LogP contribution in [0.25, 0.3) is 0 Å². The second-order valence-corrected chi connectivity index (χ2v) is 4.00. The van der Waals surface area contributed by atoms with E-state index in [-0.39, 0.29) is 12.2 Å². The SMILES string of the molecule is COC[C](C)OOC(=O)c1cc(OC)c(OC)c(OC)c1. The van der Waals surface area contributed by atoms with E-state index in [1.165, 1.54) is 40.6 Å². The summed E-state index contributed by atoms with van der Waals surface area (Å²) in [6.45, 7) is 1.86. The zero-order chi connectivity index (χ0) is 15.8. The number of benzene rings is 1. The van der Waals surface area contributed by atoms with Crippen molar-refractivity contribution in [1.29, 1.82) is 0 Å². The van der Waals surface area contributed by atoms with E-state index < -0.39 is 5.97 Å². The number of hydrogen-bond donors (Lipinski definition) is 0. The monoisotopic (exact) mass is 299 g/mol. The molecule has 117 valence electrons. The van der Waals surface area contributed by atoms with Gasteiger partial charge < -0.3 is 18.9 Å². The molecule has 0 bridgehead atoms. The smallest absolute Gasteiger partial charge is 0.373 e. The van der Waals surface area contributed by atoms with Crippen molar-refractivity contribution in [2.45, 2.75) is 6.92 Å². The van der Waals surface area contributed by atoms with E-state index in [0.717, 1.165) is 0 Å². The van der Waals surface area contributed by atoms with Crippen LogP contribution in [0, 0.1) is 6.10 Å². The van der Waals surface area contributed by atoms with E-state index in [9.17, 15) is 4.79 Å². The highest BCUT2D eigenvalue weighted by Gasteiger charge is 2.19. The van der Waals surface area contributed by atoms with Crippen LogP contribution in [-0.2, 0) is 14.5 Å². The minimum atomic E-state index is -0.690. The Kier molecular flexibility index (Phi) is 6.77. The van der Waals surface area contributed by atoms with Gasteiger partial charge in [-0.15, -0.1) is 0 Å². The van der Waals surface area contributed by atoms with Crippen molar-refractivity contribution in [3.8, 4) is 17.2 Å². The summed E-state index contributed by atoms with van der Waals surface area (Å²) in [5, 5.41) is 0. The maximum absolute atomic E-state index is 11.9. The average Bonchev–Trinajstić information content (AvgIpc) is 2.51. The molecule has 1 aromatic carbocycles. The highest BCUT2D eigenvalue weighted by Crippen LogP contribution is 2.38. The van der Waals surface area contributed by atoms with Crippen LogP contribution in [0.5, 0.6) is 17.2 Å². The van der Waals surface area contributed by atoms with Gasteiger partial charge in [-0.2, -0.15) is 4.89 Å². The van der Waals surface area contributed by atoms with Crippen LogP contribution in [0.2, 0.25) is 0 Å². The number of rotatable bonds is 8. The van der Waals surface area contributed by atoms with Gasteiger partial charge in [-0.05, 0) is 19.1 Å². The first kappa shape index (κ1) is 17.1. The summed E-state index contributed by atoms with van der Waals surface area (Å²) in [5.41, 5.74) is 0.203. The molecular formula is C14H19O7. The number of carbonyl (C=O) groups is 1. The normalized spacial score (nSPS) is 10.4. The second kappa shape index (κ2) is 8.33. The van der Waals surface area contributed by atoms with E-state index in [1.807, 2.05) is 0 Å². The molecule has 0 N–H and O–H groups in total. The standard InChI is InChI=1S/C14H19O7/c1-9(8-16-2)20-21-14(15)10-6-11(17-3)13(19-5)12(7-10)18-4/h6-7H,8H2,1-5H3. The van der Waals surface area contributed by atoms with Gasteiger partial charge in [0.1, 0.15) is 0 Å². The second-order valence-electron chi connectivity index (χ2n) is 4.00. The molecule has 0 aliphatic carbocycles. The predicted octanol–water partition coefficient (Wildman–Crippen LogP) is 2.00. The Morgan fingerprint density at radius 2 is 1.52 bits per heavy atom. The van der Waals surface area contributed by atoms with Crippen molar-refractivity contribution in [3.05, 3.63) is 23.8 Å². The molecule has 0 fully saturated rings. The minimum absolute atomic E-state index is 0.203. The highest BCUT2D eigenvalue weighted by atomic mass is 17.2. The Bertz CT molecular complexity index is 447. The fourth-order valence-electron chi connectivity index (χ4n) is 1.58. The lowest BCUT2D eigenvalue weighted by Crippen LogP contribution is -2.12. The topological polar surface area (TPSA) is 72.5 Å². The fourth-order valence-corrected chi connectivity index (χ4v) is 1.58. The Balaban J connectivity index is 2.89. The van der Waals surface area contributed by atoms with Gasteiger partial charge in [0.2, 0.25) is 5.75 Å². The van der Waals surface area contributed by atoms with Crippen molar-refractivity contribution >= 4 is 5.97 Å². The number of hydrogen-bond acceptors (Lipinski definition) is 7. The molecule has 21 heavy (non-hydrogen) atoms. The van der Waals surface area contributed by atoms with Crippen molar-refractivity contribution in [2.75, 3.05) is 35.0 Å². The third kappa shape index (κ3) is 4.51. The molecule has 1 aromatic rings. The predicted molar refractivity (Wildman–Crippen MR) is 73.4 cm³/mol. The summed E-state index contributed by atoms with van der Waals surface area (Å²) in [6, 6.07) is 2.94. The Hall–Kier alpha value is -1.99. The van der Waals surface area contributed by atoms with Gasteiger partial charge in [0.05, 0.1) is 33.5 Å². The van der Waals surface area contributed by atoms with Crippen LogP contribution in [0.15, 0.2) is 12.1 Å². The van der Waals surface area contributed by atoms with Gasteiger partial charge in [-0.3, -0.25) is 4.89 Å². The maximum atomic E-state index is 11.9. The van der Waals surface area contributed by atoms with Gasteiger partial charge in [0, 0.05) is 7.11 Å². The fraction of sp³-hybridized carbons (Fsp3) is 0.429. The van der Waals surface area contributed by atoms with Crippen molar-refractivity contribution < 1.29 is 33.5 Å². The summed E-state index contributed by atoms with van der Waals surface area (Å²) >= 11 is 0. The molecule has 0 saturated heterocycles. The lowest BCUT2D eigenvalue weighted by molar-refractivity contribution is -0.237. The number of carbonyl (C=O) groups excluding carboxylic acids is 1. The Labute approximate surface area is 123 Å². The first-order valence-electron chi connectivity index (χ1n) is 6.07. The molecule has 0 amide bonds. The maximum Gasteiger partial charge on any atom is 0.373 e. The van der Waals surface area contributed by atoms with E-state index in [1.54, 1.807) is 6.92 Å². The van der Waals surface area contributed by atoms with E-state index in [4.69, 9.17) is 28.7 Å². The molecule has 0 spiro atoms. The molecule has 0 aliphatic heterocycles. The third-order valence-corrected chi connectivity index (χ3v) is 2.51.